The van der Waals surface area contributed by atoms with Crippen molar-refractivity contribution in [3.05, 3.63) is 88.3 Å². The quantitative estimate of drug-likeness (QED) is 0.317. The van der Waals surface area contributed by atoms with E-state index in [1.807, 2.05) is 49.1 Å². The van der Waals surface area contributed by atoms with Crippen LogP contribution in [0.5, 0.6) is 17.2 Å². The number of morpholine rings is 1. The molecule has 1 fully saturated rings. The number of nitrogens with zero attached hydrogens (tertiary/aromatic N) is 1. The Hall–Kier alpha value is -3.82. The number of phenols is 1. The van der Waals surface area contributed by atoms with Crippen molar-refractivity contribution in [2.24, 2.45) is 0 Å². The first-order chi connectivity index (χ1) is 18.1. The third kappa shape index (κ3) is 5.25. The average molecular weight is 526 g/mol. The van der Waals surface area contributed by atoms with Gasteiger partial charge >= 0.3 is 6.18 Å². The Morgan fingerprint density at radius 3 is 2.21 bits per heavy atom. The molecule has 0 unspecified atom stereocenters. The molecule has 1 saturated heterocycles. The van der Waals surface area contributed by atoms with Gasteiger partial charge in [0.1, 0.15) is 17.1 Å². The maximum Gasteiger partial charge on any atom is 0.453 e. The van der Waals surface area contributed by atoms with Gasteiger partial charge in [-0.1, -0.05) is 42.5 Å². The van der Waals surface area contributed by atoms with Crippen molar-refractivity contribution in [1.29, 1.82) is 0 Å². The lowest BCUT2D eigenvalue weighted by Crippen LogP contribution is -2.44. The number of ether oxygens (including phenoxy) is 2. The van der Waals surface area contributed by atoms with Crippen LogP contribution in [0.3, 0.4) is 0 Å². The molecule has 0 radical (unpaired) electrons. The SMILES string of the molecule is C[C@@H]1CN(Cc2c(O)ccc3c(=O)c(Oc4ccc(-c5ccccc5)cc4)c(C(F)(F)F)oc23)C[C@H](C)O1. The zero-order valence-corrected chi connectivity index (χ0v) is 20.8. The summed E-state index contributed by atoms with van der Waals surface area (Å²) in [4.78, 5) is 15.3. The maximum absolute atomic E-state index is 14.1. The van der Waals surface area contributed by atoms with Crippen molar-refractivity contribution >= 4 is 11.0 Å². The minimum atomic E-state index is -5.02. The normalized spacial score (nSPS) is 18.6. The van der Waals surface area contributed by atoms with Crippen LogP contribution in [0.2, 0.25) is 0 Å². The molecule has 38 heavy (non-hydrogen) atoms. The molecule has 0 aliphatic carbocycles. The molecule has 1 aliphatic rings. The zero-order chi connectivity index (χ0) is 27.0. The van der Waals surface area contributed by atoms with E-state index in [1.54, 1.807) is 12.1 Å². The van der Waals surface area contributed by atoms with Gasteiger partial charge in [0.2, 0.25) is 11.2 Å². The highest BCUT2D eigenvalue weighted by molar-refractivity contribution is 5.83. The summed E-state index contributed by atoms with van der Waals surface area (Å²) in [5, 5.41) is 10.4. The topological polar surface area (TPSA) is 72.1 Å². The first-order valence-electron chi connectivity index (χ1n) is 12.2. The highest BCUT2D eigenvalue weighted by atomic mass is 19.4. The molecular weight excluding hydrogens is 499 g/mol. The van der Waals surface area contributed by atoms with Gasteiger partial charge in [0.25, 0.3) is 5.76 Å². The van der Waals surface area contributed by atoms with Crippen LogP contribution in [0.1, 0.15) is 25.2 Å². The van der Waals surface area contributed by atoms with Crippen molar-refractivity contribution in [3.63, 3.8) is 0 Å². The largest absolute Gasteiger partial charge is 0.507 e. The predicted octanol–water partition coefficient (Wildman–Crippen LogP) is 6.59. The van der Waals surface area contributed by atoms with E-state index < -0.39 is 23.1 Å². The van der Waals surface area contributed by atoms with Crippen molar-refractivity contribution in [2.45, 2.75) is 38.8 Å². The van der Waals surface area contributed by atoms with E-state index in [4.69, 9.17) is 13.9 Å². The number of aromatic hydroxyl groups is 1. The fraction of sp³-hybridized carbons (Fsp3) is 0.276. The monoisotopic (exact) mass is 525 g/mol. The van der Waals surface area contributed by atoms with Crippen LogP contribution in [0, 0.1) is 0 Å². The van der Waals surface area contributed by atoms with Crippen molar-refractivity contribution in [1.82, 2.24) is 4.90 Å². The van der Waals surface area contributed by atoms with E-state index in [1.165, 1.54) is 24.3 Å². The average Bonchev–Trinajstić information content (AvgIpc) is 2.87. The summed E-state index contributed by atoms with van der Waals surface area (Å²) in [6, 6.07) is 18.4. The second kappa shape index (κ2) is 10.2. The number of alkyl halides is 3. The molecule has 4 aromatic rings. The van der Waals surface area contributed by atoms with Crippen LogP contribution in [0.15, 0.2) is 75.9 Å². The first kappa shape index (κ1) is 25.8. The first-order valence-corrected chi connectivity index (χ1v) is 12.2. The molecular formula is C29H26F3NO5. The van der Waals surface area contributed by atoms with Gasteiger partial charge in [-0.25, -0.2) is 0 Å². The Kier molecular flexibility index (Phi) is 6.90. The highest BCUT2D eigenvalue weighted by Crippen LogP contribution is 2.40. The molecule has 0 bridgehead atoms. The van der Waals surface area contributed by atoms with Crippen molar-refractivity contribution < 1.29 is 32.2 Å². The van der Waals surface area contributed by atoms with Crippen molar-refractivity contribution in [2.75, 3.05) is 13.1 Å². The highest BCUT2D eigenvalue weighted by Gasteiger charge is 2.41. The summed E-state index contributed by atoms with van der Waals surface area (Å²) < 4.78 is 59.0. The summed E-state index contributed by atoms with van der Waals surface area (Å²) in [7, 11) is 0. The predicted molar refractivity (Wildman–Crippen MR) is 136 cm³/mol. The number of halogens is 3. The molecule has 9 heteroatoms. The molecule has 0 saturated carbocycles. The minimum Gasteiger partial charge on any atom is -0.507 e. The van der Waals surface area contributed by atoms with Gasteiger partial charge in [-0.15, -0.1) is 0 Å². The lowest BCUT2D eigenvalue weighted by Gasteiger charge is -2.35. The zero-order valence-electron chi connectivity index (χ0n) is 20.8. The van der Waals surface area contributed by atoms with E-state index in [9.17, 15) is 23.1 Å². The lowest BCUT2D eigenvalue weighted by molar-refractivity contribution is -0.154. The fourth-order valence-electron chi connectivity index (χ4n) is 4.82. The Morgan fingerprint density at radius 1 is 0.947 bits per heavy atom. The number of hydrogen-bond acceptors (Lipinski definition) is 6. The van der Waals surface area contributed by atoms with Gasteiger partial charge in [-0.05, 0) is 49.2 Å². The van der Waals surface area contributed by atoms with Gasteiger partial charge in [0.05, 0.1) is 23.2 Å². The molecule has 0 spiro atoms. The van der Waals surface area contributed by atoms with E-state index in [2.05, 4.69) is 0 Å². The Labute approximate surface area is 216 Å². The summed E-state index contributed by atoms with van der Waals surface area (Å²) in [6.45, 7) is 4.89. The Bertz CT molecular complexity index is 1490. The summed E-state index contributed by atoms with van der Waals surface area (Å²) >= 11 is 0. The Morgan fingerprint density at radius 2 is 1.58 bits per heavy atom. The third-order valence-corrected chi connectivity index (χ3v) is 6.41. The van der Waals surface area contributed by atoms with Crippen molar-refractivity contribution in [3.8, 4) is 28.4 Å². The maximum atomic E-state index is 14.1. The van der Waals surface area contributed by atoms with E-state index in [-0.39, 0.29) is 46.8 Å². The van der Waals surface area contributed by atoms with Crippen LogP contribution >= 0.6 is 0 Å². The molecule has 6 nitrogen and oxygen atoms in total. The summed E-state index contributed by atoms with van der Waals surface area (Å²) in [5.74, 6) is -2.72. The standard InChI is InChI=1S/C29H26F3NO5/c1-17-14-33(15-18(2)36-17)16-23-24(34)13-12-22-25(35)27(28(29(30,31)32)38-26(22)23)37-21-10-8-20(9-11-21)19-6-4-3-5-7-19/h3-13,17-18,34H,14-16H2,1-2H3/t17-,18+. The fourth-order valence-corrected chi connectivity index (χ4v) is 4.82. The van der Waals surface area contributed by atoms with Gasteiger partial charge < -0.3 is 19.0 Å². The van der Waals surface area contributed by atoms with Crippen LogP contribution in [-0.2, 0) is 17.5 Å². The Balaban J connectivity index is 1.55. The summed E-state index contributed by atoms with van der Waals surface area (Å²) in [6.07, 6.45) is -5.21. The molecule has 2 atom stereocenters. The van der Waals surface area contributed by atoms with Crippen LogP contribution in [-0.4, -0.2) is 35.3 Å². The van der Waals surface area contributed by atoms with Gasteiger partial charge in [0.15, 0.2) is 0 Å². The van der Waals surface area contributed by atoms with E-state index in [0.29, 0.717) is 13.1 Å². The van der Waals surface area contributed by atoms with Crippen LogP contribution in [0.4, 0.5) is 13.2 Å². The number of hydrogen-bond donors (Lipinski definition) is 1. The van der Waals surface area contributed by atoms with Gasteiger partial charge in [-0.3, -0.25) is 9.69 Å². The minimum absolute atomic E-state index is 0.0529. The second-order valence-electron chi connectivity index (χ2n) is 9.47. The smallest absolute Gasteiger partial charge is 0.453 e. The van der Waals surface area contributed by atoms with E-state index in [0.717, 1.165) is 11.1 Å². The molecule has 0 amide bonds. The van der Waals surface area contributed by atoms with Gasteiger partial charge in [0, 0.05) is 19.6 Å². The second-order valence-corrected chi connectivity index (χ2v) is 9.47. The molecule has 1 aromatic heterocycles. The molecule has 3 aromatic carbocycles. The molecule has 2 heterocycles. The molecule has 1 N–H and O–H groups in total. The lowest BCUT2D eigenvalue weighted by atomic mass is 10.1. The summed E-state index contributed by atoms with van der Waals surface area (Å²) in [5.41, 5.74) is 0.574. The number of phenolic OH excluding ortho intramolecular Hbond substituents is 1. The van der Waals surface area contributed by atoms with Crippen LogP contribution in [0.25, 0.3) is 22.1 Å². The molecule has 5 rings (SSSR count). The number of rotatable bonds is 5. The molecule has 1 aliphatic heterocycles. The number of fused-ring (bicyclic) bond motifs is 1. The van der Waals surface area contributed by atoms with E-state index >= 15 is 0 Å². The van der Waals surface area contributed by atoms with Gasteiger partial charge in [-0.2, -0.15) is 13.2 Å². The molecule has 198 valence electrons. The third-order valence-electron chi connectivity index (χ3n) is 6.41. The number of benzene rings is 3. The van der Waals surface area contributed by atoms with Crippen LogP contribution < -0.4 is 10.2 Å².